The van der Waals surface area contributed by atoms with Gasteiger partial charge in [0, 0.05) is 12.6 Å². The van der Waals surface area contributed by atoms with Crippen LogP contribution in [0, 0.1) is 5.92 Å². The van der Waals surface area contributed by atoms with E-state index in [1.54, 1.807) is 0 Å². The van der Waals surface area contributed by atoms with Gasteiger partial charge in [0.1, 0.15) is 12.4 Å². The van der Waals surface area contributed by atoms with Gasteiger partial charge in [-0.1, -0.05) is 0 Å². The average Bonchev–Trinajstić information content (AvgIpc) is 2.89. The fraction of sp³-hybridized carbons (Fsp3) is 0.667. The maximum absolute atomic E-state index is 12.2. The van der Waals surface area contributed by atoms with Gasteiger partial charge in [0.25, 0.3) is 10.0 Å². The second-order valence-corrected chi connectivity index (χ2v) is 6.89. The van der Waals surface area contributed by atoms with Gasteiger partial charge in [-0.3, -0.25) is 0 Å². The third-order valence-corrected chi connectivity index (χ3v) is 5.38. The number of nitrogens with zero attached hydrogens (tertiary/aromatic N) is 1. The van der Waals surface area contributed by atoms with Gasteiger partial charge in [0.15, 0.2) is 0 Å². The Hall–Kier alpha value is -0.890. The SMILES string of the molecule is O=S(=O)(NC1CN2CCC1CC2)c1ccc(CO)o1. The largest absolute Gasteiger partial charge is 0.446 e. The Balaban J connectivity index is 1.74. The van der Waals surface area contributed by atoms with E-state index in [-0.39, 0.29) is 23.5 Å². The fourth-order valence-electron chi connectivity index (χ4n) is 2.94. The first-order valence-electron chi connectivity index (χ1n) is 6.53. The van der Waals surface area contributed by atoms with Gasteiger partial charge in [-0.25, -0.2) is 13.1 Å². The van der Waals surface area contributed by atoms with Crippen LogP contribution in [0.5, 0.6) is 0 Å². The zero-order valence-corrected chi connectivity index (χ0v) is 11.4. The number of hydrogen-bond acceptors (Lipinski definition) is 5. The molecule has 0 radical (unpaired) electrons. The zero-order valence-electron chi connectivity index (χ0n) is 10.6. The first kappa shape index (κ1) is 13.1. The molecule has 0 amide bonds. The Labute approximate surface area is 112 Å². The van der Waals surface area contributed by atoms with Crippen LogP contribution in [0.2, 0.25) is 0 Å². The van der Waals surface area contributed by atoms with E-state index < -0.39 is 10.0 Å². The lowest BCUT2D eigenvalue weighted by Crippen LogP contribution is -2.57. The summed E-state index contributed by atoms with van der Waals surface area (Å²) in [6.45, 7) is 2.61. The molecule has 3 saturated heterocycles. The highest BCUT2D eigenvalue weighted by atomic mass is 32.2. The number of sulfonamides is 1. The number of nitrogens with one attached hydrogen (secondary N) is 1. The predicted molar refractivity (Wildman–Crippen MR) is 67.9 cm³/mol. The minimum absolute atomic E-state index is 0.0322. The van der Waals surface area contributed by atoms with Crippen LogP contribution in [0.1, 0.15) is 18.6 Å². The second-order valence-electron chi connectivity index (χ2n) is 5.24. The molecule has 0 aliphatic carbocycles. The van der Waals surface area contributed by atoms with Crippen molar-refractivity contribution in [2.24, 2.45) is 5.92 Å². The van der Waals surface area contributed by atoms with Gasteiger partial charge in [0.2, 0.25) is 5.09 Å². The third kappa shape index (κ3) is 2.55. The number of rotatable bonds is 4. The van der Waals surface area contributed by atoms with Crippen LogP contribution in [0.25, 0.3) is 0 Å². The lowest BCUT2D eigenvalue weighted by atomic mass is 9.85. The number of furan rings is 1. The minimum Gasteiger partial charge on any atom is -0.446 e. The van der Waals surface area contributed by atoms with Crippen molar-refractivity contribution in [2.45, 2.75) is 30.6 Å². The van der Waals surface area contributed by atoms with Crippen LogP contribution in [0.15, 0.2) is 21.6 Å². The standard InChI is InChI=1S/C12H18N2O4S/c15-8-10-1-2-12(18-10)19(16,17)13-11-7-14-5-3-9(11)4-6-14/h1-2,9,11,13,15H,3-8H2. The summed E-state index contributed by atoms with van der Waals surface area (Å²) in [6, 6.07) is 2.83. The molecule has 106 valence electrons. The molecule has 2 bridgehead atoms. The molecular formula is C12H18N2O4S. The van der Waals surface area contributed by atoms with Crippen molar-refractivity contribution in [3.05, 3.63) is 17.9 Å². The second kappa shape index (κ2) is 4.90. The maximum atomic E-state index is 12.2. The highest BCUT2D eigenvalue weighted by Crippen LogP contribution is 2.28. The molecule has 3 aliphatic rings. The Bertz CT molecular complexity index is 546. The van der Waals surface area contributed by atoms with Crippen LogP contribution in [0.4, 0.5) is 0 Å². The normalized spacial score (nSPS) is 30.7. The first-order valence-corrected chi connectivity index (χ1v) is 8.01. The van der Waals surface area contributed by atoms with Gasteiger partial charge < -0.3 is 14.4 Å². The van der Waals surface area contributed by atoms with Crippen molar-refractivity contribution >= 4 is 10.0 Å². The summed E-state index contributed by atoms with van der Waals surface area (Å²) in [7, 11) is -3.63. The lowest BCUT2D eigenvalue weighted by Gasteiger charge is -2.44. The smallest absolute Gasteiger partial charge is 0.274 e. The zero-order chi connectivity index (χ0) is 13.5. The molecule has 2 N–H and O–H groups in total. The monoisotopic (exact) mass is 286 g/mol. The average molecular weight is 286 g/mol. The quantitative estimate of drug-likeness (QED) is 0.823. The van der Waals surface area contributed by atoms with E-state index in [0.29, 0.717) is 5.92 Å². The van der Waals surface area contributed by atoms with E-state index in [2.05, 4.69) is 9.62 Å². The van der Waals surface area contributed by atoms with Crippen molar-refractivity contribution in [3.63, 3.8) is 0 Å². The number of aliphatic hydroxyl groups excluding tert-OH is 1. The van der Waals surface area contributed by atoms with Gasteiger partial charge in [-0.05, 0) is 44.0 Å². The van der Waals surface area contributed by atoms with Gasteiger partial charge in [0.05, 0.1) is 0 Å². The van der Waals surface area contributed by atoms with Crippen LogP contribution in [0.3, 0.4) is 0 Å². The minimum atomic E-state index is -3.63. The van der Waals surface area contributed by atoms with Crippen molar-refractivity contribution in [1.82, 2.24) is 9.62 Å². The summed E-state index contributed by atoms with van der Waals surface area (Å²) in [4.78, 5) is 2.29. The number of fused-ring (bicyclic) bond motifs is 3. The Morgan fingerprint density at radius 2 is 2.11 bits per heavy atom. The number of piperidine rings is 3. The van der Waals surface area contributed by atoms with Crippen LogP contribution >= 0.6 is 0 Å². The molecule has 1 atom stereocenters. The topological polar surface area (TPSA) is 82.8 Å². The van der Waals surface area contributed by atoms with Crippen molar-refractivity contribution < 1.29 is 17.9 Å². The summed E-state index contributed by atoms with van der Waals surface area (Å²) in [5.41, 5.74) is 0. The predicted octanol–water partition coefficient (Wildman–Crippen LogP) is 0.144. The molecule has 4 heterocycles. The first-order chi connectivity index (χ1) is 9.08. The molecule has 0 saturated carbocycles. The van der Waals surface area contributed by atoms with Crippen LogP contribution in [-0.2, 0) is 16.6 Å². The molecule has 6 nitrogen and oxygen atoms in total. The molecule has 1 aromatic rings. The van der Waals surface area contributed by atoms with Gasteiger partial charge in [-0.15, -0.1) is 0 Å². The molecule has 7 heteroatoms. The molecule has 4 rings (SSSR count). The lowest BCUT2D eigenvalue weighted by molar-refractivity contribution is 0.0825. The third-order valence-electron chi connectivity index (χ3n) is 4.02. The Morgan fingerprint density at radius 3 is 2.63 bits per heavy atom. The summed E-state index contributed by atoms with van der Waals surface area (Å²) < 4.78 is 32.2. The van der Waals surface area contributed by atoms with E-state index in [9.17, 15) is 8.42 Å². The van der Waals surface area contributed by atoms with Gasteiger partial charge >= 0.3 is 0 Å². The summed E-state index contributed by atoms with van der Waals surface area (Å²) in [6.07, 6.45) is 2.10. The molecule has 0 aromatic carbocycles. The Morgan fingerprint density at radius 1 is 1.37 bits per heavy atom. The van der Waals surface area contributed by atoms with Crippen molar-refractivity contribution in [2.75, 3.05) is 19.6 Å². The molecule has 19 heavy (non-hydrogen) atoms. The molecule has 0 spiro atoms. The summed E-state index contributed by atoms with van der Waals surface area (Å²) in [5.74, 6) is 0.682. The summed E-state index contributed by atoms with van der Waals surface area (Å²) >= 11 is 0. The molecule has 1 aromatic heterocycles. The highest BCUT2D eigenvalue weighted by Gasteiger charge is 2.37. The van der Waals surface area contributed by atoms with Gasteiger partial charge in [-0.2, -0.15) is 0 Å². The van der Waals surface area contributed by atoms with E-state index in [1.807, 2.05) is 0 Å². The van der Waals surface area contributed by atoms with Crippen molar-refractivity contribution in [1.29, 1.82) is 0 Å². The van der Waals surface area contributed by atoms with E-state index in [0.717, 1.165) is 32.5 Å². The Kier molecular flexibility index (Phi) is 3.38. The van der Waals surface area contributed by atoms with E-state index in [1.165, 1.54) is 12.1 Å². The molecular weight excluding hydrogens is 268 g/mol. The van der Waals surface area contributed by atoms with E-state index in [4.69, 9.17) is 9.52 Å². The molecule has 3 aliphatic heterocycles. The number of hydrogen-bond donors (Lipinski definition) is 2. The van der Waals surface area contributed by atoms with E-state index >= 15 is 0 Å². The maximum Gasteiger partial charge on any atom is 0.274 e. The fourth-order valence-corrected chi connectivity index (χ4v) is 4.19. The van der Waals surface area contributed by atoms with Crippen LogP contribution in [-0.4, -0.2) is 44.1 Å². The van der Waals surface area contributed by atoms with Crippen LogP contribution < -0.4 is 4.72 Å². The highest BCUT2D eigenvalue weighted by molar-refractivity contribution is 7.89. The number of aliphatic hydroxyl groups is 1. The molecule has 3 fully saturated rings. The summed E-state index contributed by atoms with van der Waals surface area (Å²) in [5, 5.41) is 8.79. The van der Waals surface area contributed by atoms with Crippen molar-refractivity contribution in [3.8, 4) is 0 Å². The molecule has 1 unspecified atom stereocenters.